The molecule has 176 valence electrons. The van der Waals surface area contributed by atoms with Crippen LogP contribution >= 0.6 is 12.2 Å². The number of nitrogens with zero attached hydrogens (tertiary/aromatic N) is 3. The molecule has 2 N–H and O–H groups in total. The number of carboxylic acid groups (broad SMARTS) is 1. The van der Waals surface area contributed by atoms with Crippen LogP contribution in [0.5, 0.6) is 0 Å². The van der Waals surface area contributed by atoms with Crippen molar-refractivity contribution in [3.05, 3.63) is 82.4 Å². The zero-order valence-electron chi connectivity index (χ0n) is 19.8. The summed E-state index contributed by atoms with van der Waals surface area (Å²) >= 11 is 5.89. The van der Waals surface area contributed by atoms with Gasteiger partial charge in [-0.15, -0.1) is 0 Å². The second kappa shape index (κ2) is 8.87. The van der Waals surface area contributed by atoms with Gasteiger partial charge in [-0.1, -0.05) is 25.0 Å². The molecule has 1 saturated carbocycles. The van der Waals surface area contributed by atoms with E-state index in [1.807, 2.05) is 31.3 Å². The van der Waals surface area contributed by atoms with Crippen molar-refractivity contribution in [3.8, 4) is 5.69 Å². The highest BCUT2D eigenvalue weighted by Gasteiger charge is 2.44. The van der Waals surface area contributed by atoms with E-state index in [4.69, 9.17) is 12.2 Å². The highest BCUT2D eigenvalue weighted by Crippen LogP contribution is 2.45. The van der Waals surface area contributed by atoms with Gasteiger partial charge in [-0.3, -0.25) is 4.98 Å². The number of carbonyl (C=O) groups is 1. The number of nitrogens with one attached hydrogen (secondary N) is 1. The molecule has 1 aliphatic heterocycles. The normalized spacial score (nSPS) is 20.7. The summed E-state index contributed by atoms with van der Waals surface area (Å²) in [5.41, 5.74) is 6.57. The van der Waals surface area contributed by atoms with Gasteiger partial charge in [0.05, 0.1) is 23.3 Å². The van der Waals surface area contributed by atoms with Crippen LogP contribution in [0.2, 0.25) is 0 Å². The van der Waals surface area contributed by atoms with Crippen LogP contribution in [-0.2, 0) is 0 Å². The van der Waals surface area contributed by atoms with Crippen molar-refractivity contribution in [2.75, 3.05) is 0 Å². The fraction of sp³-hybridized carbons (Fsp3) is 0.370. The molecule has 5 rings (SSSR count). The predicted molar refractivity (Wildman–Crippen MR) is 136 cm³/mol. The van der Waals surface area contributed by atoms with Gasteiger partial charge in [-0.2, -0.15) is 0 Å². The van der Waals surface area contributed by atoms with Crippen molar-refractivity contribution >= 4 is 23.3 Å². The lowest BCUT2D eigenvalue weighted by Crippen LogP contribution is -2.37. The molecule has 2 fully saturated rings. The second-order valence-corrected chi connectivity index (χ2v) is 9.83. The molecule has 7 heteroatoms. The van der Waals surface area contributed by atoms with Crippen LogP contribution < -0.4 is 5.32 Å². The molecule has 3 heterocycles. The molecule has 1 aromatic carbocycles. The molecule has 2 aliphatic rings. The van der Waals surface area contributed by atoms with Crippen molar-refractivity contribution in [2.45, 2.75) is 64.6 Å². The van der Waals surface area contributed by atoms with E-state index >= 15 is 0 Å². The minimum absolute atomic E-state index is 0.0217. The van der Waals surface area contributed by atoms with E-state index in [2.05, 4.69) is 45.7 Å². The van der Waals surface area contributed by atoms with Crippen LogP contribution in [-0.4, -0.2) is 36.7 Å². The zero-order valence-corrected chi connectivity index (χ0v) is 20.6. The van der Waals surface area contributed by atoms with Gasteiger partial charge in [-0.05, 0) is 87.3 Å². The third-order valence-electron chi connectivity index (χ3n) is 7.34. The van der Waals surface area contributed by atoms with Crippen molar-refractivity contribution in [2.24, 2.45) is 0 Å². The van der Waals surface area contributed by atoms with Crippen LogP contribution in [0, 0.1) is 20.8 Å². The topological polar surface area (TPSA) is 70.4 Å². The summed E-state index contributed by atoms with van der Waals surface area (Å²) in [5.74, 6) is -0.920. The minimum Gasteiger partial charge on any atom is -0.478 e. The van der Waals surface area contributed by atoms with E-state index in [0.29, 0.717) is 6.04 Å². The van der Waals surface area contributed by atoms with Gasteiger partial charge in [0.2, 0.25) is 0 Å². The Labute approximate surface area is 205 Å². The summed E-state index contributed by atoms with van der Waals surface area (Å²) in [6, 6.07) is 14.0. The van der Waals surface area contributed by atoms with Gasteiger partial charge in [0.1, 0.15) is 0 Å². The van der Waals surface area contributed by atoms with Crippen LogP contribution in [0.3, 0.4) is 0 Å². The van der Waals surface area contributed by atoms with E-state index in [-0.39, 0.29) is 17.6 Å². The van der Waals surface area contributed by atoms with E-state index in [1.54, 1.807) is 12.1 Å². The fourth-order valence-corrected chi connectivity index (χ4v) is 6.10. The number of rotatable bonds is 5. The molecule has 2 atom stereocenters. The molecule has 0 unspecified atom stereocenters. The first kappa shape index (κ1) is 22.6. The van der Waals surface area contributed by atoms with Crippen molar-refractivity contribution in [1.29, 1.82) is 0 Å². The molecular weight excluding hydrogens is 444 g/mol. The first-order chi connectivity index (χ1) is 16.4. The summed E-state index contributed by atoms with van der Waals surface area (Å²) in [7, 11) is 0. The Morgan fingerprint density at radius 2 is 1.88 bits per heavy atom. The minimum atomic E-state index is -0.920. The van der Waals surface area contributed by atoms with Crippen LogP contribution in [0.1, 0.15) is 76.3 Å². The summed E-state index contributed by atoms with van der Waals surface area (Å²) in [6.07, 6.45) is 6.58. The zero-order chi connectivity index (χ0) is 24.0. The first-order valence-electron chi connectivity index (χ1n) is 11.9. The van der Waals surface area contributed by atoms with E-state index in [9.17, 15) is 9.90 Å². The molecule has 2 aromatic heterocycles. The Kier molecular flexibility index (Phi) is 5.90. The van der Waals surface area contributed by atoms with Crippen molar-refractivity contribution in [1.82, 2.24) is 19.8 Å². The van der Waals surface area contributed by atoms with Gasteiger partial charge < -0.3 is 19.9 Å². The monoisotopic (exact) mass is 474 g/mol. The first-order valence-corrected chi connectivity index (χ1v) is 12.3. The molecular formula is C27H30N4O2S. The van der Waals surface area contributed by atoms with Gasteiger partial charge >= 0.3 is 5.97 Å². The summed E-state index contributed by atoms with van der Waals surface area (Å²) in [6.45, 7) is 6.23. The highest BCUT2D eigenvalue weighted by atomic mass is 32.1. The van der Waals surface area contributed by atoms with Gasteiger partial charge in [0.25, 0.3) is 0 Å². The number of thiocarbonyl (C=S) groups is 1. The molecule has 1 saturated heterocycles. The molecule has 0 amide bonds. The molecule has 3 aromatic rings. The number of aromatic carboxylic acids is 1. The Bertz CT molecular complexity index is 1250. The van der Waals surface area contributed by atoms with E-state index < -0.39 is 5.97 Å². The number of pyridine rings is 1. The SMILES string of the molecule is Cc1ccc(C(=O)O)cc1-n1c(C)cc([C@@H]2[C@H](c3ccccn3)NC(=S)N2C2CCCC2)c1C. The maximum absolute atomic E-state index is 11.7. The third kappa shape index (κ3) is 3.78. The Morgan fingerprint density at radius 1 is 1.12 bits per heavy atom. The molecule has 0 radical (unpaired) electrons. The average molecular weight is 475 g/mol. The Morgan fingerprint density at radius 3 is 2.56 bits per heavy atom. The average Bonchev–Trinajstić information content (AvgIpc) is 3.53. The largest absolute Gasteiger partial charge is 0.478 e. The Hall–Kier alpha value is -3.19. The highest BCUT2D eigenvalue weighted by molar-refractivity contribution is 7.80. The quantitative estimate of drug-likeness (QED) is 0.482. The van der Waals surface area contributed by atoms with Crippen LogP contribution in [0.4, 0.5) is 0 Å². The lowest BCUT2D eigenvalue weighted by molar-refractivity contribution is 0.0697. The summed E-state index contributed by atoms with van der Waals surface area (Å²) in [5, 5.41) is 13.9. The number of benzene rings is 1. The smallest absolute Gasteiger partial charge is 0.335 e. The molecule has 1 aliphatic carbocycles. The summed E-state index contributed by atoms with van der Waals surface area (Å²) < 4.78 is 2.18. The molecule has 0 bridgehead atoms. The third-order valence-corrected chi connectivity index (χ3v) is 7.67. The number of carboxylic acids is 1. The number of hydrogen-bond donors (Lipinski definition) is 2. The summed E-state index contributed by atoms with van der Waals surface area (Å²) in [4.78, 5) is 18.7. The van der Waals surface area contributed by atoms with E-state index in [1.165, 1.54) is 18.4 Å². The van der Waals surface area contributed by atoms with Crippen molar-refractivity contribution in [3.63, 3.8) is 0 Å². The fourth-order valence-electron chi connectivity index (χ4n) is 5.71. The Balaban J connectivity index is 1.65. The van der Waals surface area contributed by atoms with Gasteiger partial charge in [0, 0.05) is 29.3 Å². The van der Waals surface area contributed by atoms with Crippen molar-refractivity contribution < 1.29 is 9.90 Å². The predicted octanol–water partition coefficient (Wildman–Crippen LogP) is 5.41. The number of aromatic nitrogens is 2. The number of aryl methyl sites for hydroxylation is 2. The lowest BCUT2D eigenvalue weighted by Gasteiger charge is -2.33. The van der Waals surface area contributed by atoms with Gasteiger partial charge in [0.15, 0.2) is 5.11 Å². The standard InChI is InChI=1S/C27H30N4O2S/c1-16-11-12-19(26(32)33)15-23(16)30-17(2)14-21(18(30)3)25-24(22-10-6-7-13-28-22)29-27(34)31(25)20-8-4-5-9-20/h6-7,10-15,20,24-25H,4-5,8-9H2,1-3H3,(H,29,34)(H,32,33)/t24-,25+/m0/s1. The van der Waals surface area contributed by atoms with Gasteiger partial charge in [-0.25, -0.2) is 4.79 Å². The second-order valence-electron chi connectivity index (χ2n) is 9.44. The maximum atomic E-state index is 11.7. The number of hydrogen-bond acceptors (Lipinski definition) is 3. The molecule has 6 nitrogen and oxygen atoms in total. The van der Waals surface area contributed by atoms with E-state index in [0.717, 1.165) is 46.3 Å². The molecule has 0 spiro atoms. The van der Waals surface area contributed by atoms with Crippen LogP contribution in [0.25, 0.3) is 5.69 Å². The maximum Gasteiger partial charge on any atom is 0.335 e. The van der Waals surface area contributed by atoms with Crippen LogP contribution in [0.15, 0.2) is 48.7 Å². The molecule has 34 heavy (non-hydrogen) atoms. The lowest BCUT2D eigenvalue weighted by atomic mass is 9.95.